The third-order valence-corrected chi connectivity index (χ3v) is 8.30. The lowest BCUT2D eigenvalue weighted by molar-refractivity contribution is -0.0943. The number of nitrogen functional groups attached to an aromatic ring is 1. The fourth-order valence-corrected chi connectivity index (χ4v) is 5.51. The molecule has 1 fully saturated rings. The maximum absolute atomic E-state index is 12.4. The van der Waals surface area contributed by atoms with Crippen LogP contribution >= 0.6 is 6.72 Å². The van der Waals surface area contributed by atoms with Gasteiger partial charge in [0.15, 0.2) is 11.5 Å². The van der Waals surface area contributed by atoms with Gasteiger partial charge in [-0.05, 0) is 11.8 Å². The Bertz CT molecular complexity index is 1560. The van der Waals surface area contributed by atoms with Gasteiger partial charge in [-0.1, -0.05) is 6.58 Å². The number of aliphatic hydroxyl groups is 2. The molecule has 1 aliphatic rings. The van der Waals surface area contributed by atoms with Crippen LogP contribution in [0.1, 0.15) is 12.6 Å². The van der Waals surface area contributed by atoms with Crippen LogP contribution in [-0.4, -0.2) is 96.0 Å². The highest BCUT2D eigenvalue weighted by molar-refractivity contribution is 8.07. The van der Waals surface area contributed by atoms with E-state index in [4.69, 9.17) is 40.8 Å². The number of methoxy groups -OCH3 is 1. The Labute approximate surface area is 243 Å². The predicted octanol–water partition coefficient (Wildman–Crippen LogP) is -0.987. The van der Waals surface area contributed by atoms with E-state index < -0.39 is 49.1 Å². The minimum absolute atomic E-state index is 0.0351. The number of H-pyrrole nitrogens is 1. The minimum atomic E-state index is -3.87. The van der Waals surface area contributed by atoms with E-state index in [1.54, 1.807) is 10.9 Å². The van der Waals surface area contributed by atoms with Crippen molar-refractivity contribution in [3.63, 3.8) is 0 Å². The van der Waals surface area contributed by atoms with Crippen molar-refractivity contribution in [2.45, 2.75) is 30.9 Å². The molecule has 0 amide bonds. The second-order valence-corrected chi connectivity index (χ2v) is 12.3. The van der Waals surface area contributed by atoms with Crippen LogP contribution < -0.4 is 17.0 Å². The van der Waals surface area contributed by atoms with Gasteiger partial charge in [0.25, 0.3) is 5.56 Å². The zero-order chi connectivity index (χ0) is 30.5. The van der Waals surface area contributed by atoms with E-state index >= 15 is 0 Å². The number of aromatic amines is 1. The minimum Gasteiger partial charge on any atom is -0.470 e. The van der Waals surface area contributed by atoms with Crippen LogP contribution in [0, 0.1) is 5.92 Å². The topological polar surface area (TPSA) is 231 Å². The van der Waals surface area contributed by atoms with Gasteiger partial charge < -0.3 is 48.7 Å². The third kappa shape index (κ3) is 7.47. The number of imidazole rings is 1. The molecule has 1 saturated heterocycles. The van der Waals surface area contributed by atoms with Crippen LogP contribution in [0.2, 0.25) is 0 Å². The number of ether oxygens (including phenoxy) is 3. The van der Waals surface area contributed by atoms with Crippen molar-refractivity contribution in [1.29, 1.82) is 0 Å². The molecule has 0 aliphatic carbocycles. The second-order valence-electron chi connectivity index (χ2n) is 9.49. The van der Waals surface area contributed by atoms with Crippen molar-refractivity contribution in [2.75, 3.05) is 45.9 Å². The number of rotatable bonds is 15. The number of anilines is 1. The van der Waals surface area contributed by atoms with Gasteiger partial charge in [-0.2, -0.15) is 0 Å². The molecule has 0 radical (unpaired) electrons. The average Bonchev–Trinajstić information content (AvgIpc) is 3.52. The summed E-state index contributed by atoms with van der Waals surface area (Å²) in [6.07, 6.45) is 1.79. The summed E-state index contributed by atoms with van der Waals surface area (Å²) in [5.74, 6) is -0.212. The molecular formula is C23H32N7O10PS. The highest BCUT2D eigenvalue weighted by Crippen LogP contribution is 2.45. The fourth-order valence-electron chi connectivity index (χ4n) is 4.38. The van der Waals surface area contributed by atoms with E-state index in [1.165, 1.54) is 19.6 Å². The molecule has 0 aromatic carbocycles. The quantitative estimate of drug-likeness (QED) is 0.100. The van der Waals surface area contributed by atoms with E-state index in [-0.39, 0.29) is 43.7 Å². The summed E-state index contributed by atoms with van der Waals surface area (Å²) in [5, 5.41) is 20.7. The average molecular weight is 630 g/mol. The van der Waals surface area contributed by atoms with Crippen LogP contribution in [-0.2, 0) is 41.6 Å². The Kier molecular flexibility index (Phi) is 10.2. The van der Waals surface area contributed by atoms with Crippen molar-refractivity contribution in [1.82, 2.24) is 29.1 Å². The Morgan fingerprint density at radius 2 is 2.17 bits per heavy atom. The molecule has 3 aromatic rings. The molecule has 19 heteroatoms. The number of nitrogens with zero attached hydrogens (tertiary/aromatic N) is 5. The Balaban J connectivity index is 1.37. The van der Waals surface area contributed by atoms with Crippen molar-refractivity contribution >= 4 is 35.5 Å². The van der Waals surface area contributed by atoms with Gasteiger partial charge in [-0.15, -0.1) is 0 Å². The van der Waals surface area contributed by atoms with Crippen molar-refractivity contribution in [3.8, 4) is 0 Å². The van der Waals surface area contributed by atoms with E-state index in [0.717, 1.165) is 10.6 Å². The monoisotopic (exact) mass is 629 g/mol. The highest BCUT2D eigenvalue weighted by Gasteiger charge is 2.43. The zero-order valence-electron chi connectivity index (χ0n) is 22.6. The largest absolute Gasteiger partial charge is 0.470 e. The summed E-state index contributed by atoms with van der Waals surface area (Å²) in [7, 11) is 1.30. The summed E-state index contributed by atoms with van der Waals surface area (Å²) in [5.41, 5.74) is 4.07. The number of nitrogens with one attached hydrogen (secondary N) is 1. The molecule has 42 heavy (non-hydrogen) atoms. The maximum Gasteiger partial charge on any atom is 0.331 e. The first-order valence-electron chi connectivity index (χ1n) is 12.6. The molecule has 230 valence electrons. The van der Waals surface area contributed by atoms with Gasteiger partial charge in [-0.3, -0.25) is 14.3 Å². The summed E-state index contributed by atoms with van der Waals surface area (Å²) in [6.45, 7) is -0.823. The van der Waals surface area contributed by atoms with Crippen LogP contribution in [0.4, 0.5) is 5.82 Å². The Hall–Kier alpha value is -3.06. The van der Waals surface area contributed by atoms with Crippen LogP contribution in [0.3, 0.4) is 0 Å². The SMILES string of the molecule is C=C(CO)O[C@H](C(COP(O)(=S)OCCC1(O)COCC1Cn1cnc2c(N)ncnc21)OC)n1ccc(=O)[nH]c1=O. The molecular weight excluding hydrogens is 597 g/mol. The molecule has 17 nitrogen and oxygen atoms in total. The molecule has 4 heterocycles. The molecule has 1 aliphatic heterocycles. The van der Waals surface area contributed by atoms with Crippen LogP contribution in [0.5, 0.6) is 0 Å². The van der Waals surface area contributed by atoms with E-state index in [9.17, 15) is 24.7 Å². The third-order valence-electron chi connectivity index (χ3n) is 6.68. The highest BCUT2D eigenvalue weighted by atomic mass is 32.5. The molecule has 6 N–H and O–H groups in total. The Morgan fingerprint density at radius 1 is 1.38 bits per heavy atom. The molecule has 4 rings (SSSR count). The first-order chi connectivity index (χ1) is 20.0. The number of aromatic nitrogens is 6. The van der Waals surface area contributed by atoms with Gasteiger partial charge in [0.05, 0.1) is 45.0 Å². The van der Waals surface area contributed by atoms with Crippen LogP contribution in [0.25, 0.3) is 11.2 Å². The molecule has 0 bridgehead atoms. The van der Waals surface area contributed by atoms with E-state index in [0.29, 0.717) is 17.7 Å². The fraction of sp³-hybridized carbons (Fsp3) is 0.522. The molecule has 3 aromatic heterocycles. The van der Waals surface area contributed by atoms with E-state index in [1.807, 2.05) is 0 Å². The predicted molar refractivity (Wildman–Crippen MR) is 150 cm³/mol. The van der Waals surface area contributed by atoms with Gasteiger partial charge in [0, 0.05) is 38.3 Å². The van der Waals surface area contributed by atoms with Crippen molar-refractivity contribution < 1.29 is 38.4 Å². The molecule has 5 atom stereocenters. The number of aliphatic hydroxyl groups excluding tert-OH is 1. The summed E-state index contributed by atoms with van der Waals surface area (Å²) >= 11 is 5.13. The zero-order valence-corrected chi connectivity index (χ0v) is 24.3. The van der Waals surface area contributed by atoms with E-state index in [2.05, 4.69) is 26.5 Å². The molecule has 4 unspecified atom stereocenters. The number of hydrogen-bond acceptors (Lipinski definition) is 14. The maximum atomic E-state index is 12.4. The first-order valence-corrected chi connectivity index (χ1v) is 15.2. The molecule has 0 spiro atoms. The van der Waals surface area contributed by atoms with Gasteiger partial charge in [0.2, 0.25) is 6.23 Å². The van der Waals surface area contributed by atoms with Crippen LogP contribution in [0.15, 0.2) is 46.8 Å². The normalized spacial score (nSPS) is 21.7. The van der Waals surface area contributed by atoms with Crippen molar-refractivity contribution in [2.24, 2.45) is 5.92 Å². The standard InChI is InChI=1S/C23H32N7O10PS/c1-14(8-31)40-21(30-5-3-17(32)28-22(30)33)16(36-2)10-39-41(35,42)38-6-4-23(34)11-37-9-15(23)7-29-13-27-18-19(24)25-12-26-20(18)29/h3,5,12-13,15-16,21,31,34H,1,4,6-11H2,2H3,(H,35,42)(H2,24,25,26)(H,28,32,33)/t15?,16?,21-,23?,41?/m1/s1. The van der Waals surface area contributed by atoms with Crippen molar-refractivity contribution in [3.05, 3.63) is 58.1 Å². The number of nitrogens with two attached hydrogens (primary N) is 1. The lowest BCUT2D eigenvalue weighted by atomic mass is 9.88. The van der Waals surface area contributed by atoms with Gasteiger partial charge in [-0.25, -0.2) is 19.7 Å². The number of fused-ring (bicyclic) bond motifs is 1. The number of hydrogen-bond donors (Lipinski definition) is 5. The second kappa shape index (κ2) is 13.5. The smallest absolute Gasteiger partial charge is 0.331 e. The van der Waals surface area contributed by atoms with Gasteiger partial charge in [0.1, 0.15) is 23.7 Å². The summed E-state index contributed by atoms with van der Waals surface area (Å²) in [4.78, 5) is 49.0. The summed E-state index contributed by atoms with van der Waals surface area (Å²) in [6, 6.07) is 1.09. The van der Waals surface area contributed by atoms with Gasteiger partial charge >= 0.3 is 12.4 Å². The molecule has 0 saturated carbocycles. The Morgan fingerprint density at radius 3 is 2.88 bits per heavy atom. The lowest BCUT2D eigenvalue weighted by Gasteiger charge is -2.30. The lowest BCUT2D eigenvalue weighted by Crippen LogP contribution is -2.40. The first kappa shape index (κ1) is 31.9. The summed E-state index contributed by atoms with van der Waals surface area (Å²) < 4.78 is 30.2.